The molecular weight excluding hydrogens is 433 g/mol. The fraction of sp³-hybridized carbons (Fsp3) is 0.350. The minimum Gasteiger partial charge on any atom is -0.378 e. The topological polar surface area (TPSA) is 87.7 Å². The van der Waals surface area contributed by atoms with Gasteiger partial charge in [-0.2, -0.15) is 0 Å². The van der Waals surface area contributed by atoms with Crippen molar-refractivity contribution in [1.29, 1.82) is 0 Å². The maximum absolute atomic E-state index is 13.2. The van der Waals surface area contributed by atoms with Crippen LogP contribution in [0.1, 0.15) is 32.5 Å². The van der Waals surface area contributed by atoms with E-state index in [1.54, 1.807) is 24.8 Å². The summed E-state index contributed by atoms with van der Waals surface area (Å²) in [6.45, 7) is 5.34. The third-order valence-corrected chi connectivity index (χ3v) is 6.04. The van der Waals surface area contributed by atoms with E-state index in [9.17, 15) is 18.8 Å². The number of hydrogen-bond acceptors (Lipinski definition) is 5. The molecule has 1 fully saturated rings. The van der Waals surface area contributed by atoms with Crippen LogP contribution < -0.4 is 10.6 Å². The molecule has 1 aromatic heterocycles. The quantitative estimate of drug-likeness (QED) is 0.728. The molecule has 3 amide bonds. The summed E-state index contributed by atoms with van der Waals surface area (Å²) >= 11 is 7.01. The van der Waals surface area contributed by atoms with Crippen LogP contribution in [0.4, 0.5) is 9.39 Å². The first-order valence-electron chi connectivity index (χ1n) is 9.30. The number of ether oxygens (including phenoxy) is 1. The van der Waals surface area contributed by atoms with Gasteiger partial charge in [0.25, 0.3) is 11.8 Å². The predicted octanol–water partition coefficient (Wildman–Crippen LogP) is 3.08. The lowest BCUT2D eigenvalue weighted by Crippen LogP contribution is -2.50. The van der Waals surface area contributed by atoms with Gasteiger partial charge in [0.2, 0.25) is 5.91 Å². The van der Waals surface area contributed by atoms with Gasteiger partial charge in [-0.15, -0.1) is 11.3 Å². The number of halogens is 2. The summed E-state index contributed by atoms with van der Waals surface area (Å²) in [4.78, 5) is 39.6. The van der Waals surface area contributed by atoms with E-state index in [1.165, 1.54) is 6.07 Å². The molecule has 7 nitrogen and oxygen atoms in total. The highest BCUT2D eigenvalue weighted by Crippen LogP contribution is 2.28. The minimum absolute atomic E-state index is 0.00538. The standard InChI is InChI=1S/C20H21ClFN3O4S/c1-11-9-16(24-18(26)14-4-3-13(22)10-15(14)21)30-17(11)19(27)23-12(2)20(28)25-5-7-29-8-6-25/h3-4,9-10,12H,5-8H2,1-2H3,(H,23,27)(H,24,26). The number of carbonyl (C=O) groups excluding carboxylic acids is 3. The predicted molar refractivity (Wildman–Crippen MR) is 113 cm³/mol. The maximum atomic E-state index is 13.2. The van der Waals surface area contributed by atoms with Crippen LogP contribution >= 0.6 is 22.9 Å². The summed E-state index contributed by atoms with van der Waals surface area (Å²) in [5.41, 5.74) is 0.781. The van der Waals surface area contributed by atoms with Gasteiger partial charge >= 0.3 is 0 Å². The number of aryl methyl sites for hydroxylation is 1. The van der Waals surface area contributed by atoms with Gasteiger partial charge in [-0.1, -0.05) is 11.6 Å². The molecule has 0 spiro atoms. The van der Waals surface area contributed by atoms with Crippen LogP contribution in [-0.4, -0.2) is 55.0 Å². The van der Waals surface area contributed by atoms with Crippen LogP contribution in [0.3, 0.4) is 0 Å². The second kappa shape index (κ2) is 9.55. The fourth-order valence-corrected chi connectivity index (χ4v) is 4.23. The van der Waals surface area contributed by atoms with Gasteiger partial charge < -0.3 is 20.3 Å². The van der Waals surface area contributed by atoms with Gasteiger partial charge in [0.1, 0.15) is 11.9 Å². The highest BCUT2D eigenvalue weighted by molar-refractivity contribution is 7.18. The number of morpholine rings is 1. The first-order chi connectivity index (χ1) is 14.3. The SMILES string of the molecule is Cc1cc(NC(=O)c2ccc(F)cc2Cl)sc1C(=O)NC(C)C(=O)N1CCOCC1. The Labute approximate surface area is 182 Å². The Morgan fingerprint density at radius 1 is 1.20 bits per heavy atom. The summed E-state index contributed by atoms with van der Waals surface area (Å²) in [6, 6.07) is 4.46. The monoisotopic (exact) mass is 453 g/mol. The summed E-state index contributed by atoms with van der Waals surface area (Å²) in [6.07, 6.45) is 0. The number of carbonyl (C=O) groups is 3. The molecule has 3 rings (SSSR count). The number of benzene rings is 1. The van der Waals surface area contributed by atoms with Crippen molar-refractivity contribution in [3.05, 3.63) is 51.1 Å². The van der Waals surface area contributed by atoms with Crippen molar-refractivity contribution in [2.45, 2.75) is 19.9 Å². The average Bonchev–Trinajstić information content (AvgIpc) is 3.07. The van der Waals surface area contributed by atoms with Gasteiger partial charge in [-0.05, 0) is 43.7 Å². The van der Waals surface area contributed by atoms with E-state index in [0.717, 1.165) is 23.5 Å². The lowest BCUT2D eigenvalue weighted by molar-refractivity contribution is -0.136. The molecule has 1 saturated heterocycles. The number of rotatable bonds is 5. The van der Waals surface area contributed by atoms with E-state index >= 15 is 0 Å². The zero-order chi connectivity index (χ0) is 21.8. The van der Waals surface area contributed by atoms with Crippen LogP contribution in [0.2, 0.25) is 5.02 Å². The summed E-state index contributed by atoms with van der Waals surface area (Å²) < 4.78 is 18.4. The highest BCUT2D eigenvalue weighted by Gasteiger charge is 2.25. The largest absolute Gasteiger partial charge is 0.378 e. The first-order valence-corrected chi connectivity index (χ1v) is 10.5. The zero-order valence-electron chi connectivity index (χ0n) is 16.5. The van der Waals surface area contributed by atoms with Gasteiger partial charge in [0.15, 0.2) is 0 Å². The first kappa shape index (κ1) is 22.2. The number of thiophene rings is 1. The lowest BCUT2D eigenvalue weighted by atomic mass is 10.2. The average molecular weight is 454 g/mol. The number of nitrogens with zero attached hydrogens (tertiary/aromatic N) is 1. The summed E-state index contributed by atoms with van der Waals surface area (Å²) in [5, 5.41) is 5.81. The van der Waals surface area contributed by atoms with Crippen LogP contribution in [0, 0.1) is 12.7 Å². The lowest BCUT2D eigenvalue weighted by Gasteiger charge is -2.29. The van der Waals surface area contributed by atoms with Crippen LogP contribution in [0.25, 0.3) is 0 Å². The number of nitrogens with one attached hydrogen (secondary N) is 2. The Hall–Kier alpha value is -2.49. The molecule has 160 valence electrons. The molecule has 0 aliphatic carbocycles. The number of hydrogen-bond donors (Lipinski definition) is 2. The van der Waals surface area contributed by atoms with Crippen molar-refractivity contribution in [3.63, 3.8) is 0 Å². The van der Waals surface area contributed by atoms with Crippen LogP contribution in [-0.2, 0) is 9.53 Å². The third-order valence-electron chi connectivity index (χ3n) is 4.58. The Balaban J connectivity index is 1.65. The molecule has 0 saturated carbocycles. The van der Waals surface area contributed by atoms with E-state index in [2.05, 4.69) is 10.6 Å². The van der Waals surface area contributed by atoms with E-state index < -0.39 is 23.7 Å². The number of anilines is 1. The maximum Gasteiger partial charge on any atom is 0.262 e. The van der Waals surface area contributed by atoms with Crippen molar-refractivity contribution >= 4 is 45.7 Å². The fourth-order valence-electron chi connectivity index (χ4n) is 3.00. The summed E-state index contributed by atoms with van der Waals surface area (Å²) in [7, 11) is 0. The van der Waals surface area contributed by atoms with Gasteiger partial charge in [-0.3, -0.25) is 14.4 Å². The van der Waals surface area contributed by atoms with Crippen molar-refractivity contribution in [2.75, 3.05) is 31.6 Å². The highest BCUT2D eigenvalue weighted by atomic mass is 35.5. The van der Waals surface area contributed by atoms with Crippen LogP contribution in [0.15, 0.2) is 24.3 Å². The molecule has 1 aromatic carbocycles. The summed E-state index contributed by atoms with van der Waals surface area (Å²) in [5.74, 6) is -1.61. The molecule has 1 aliphatic heterocycles. The molecule has 0 radical (unpaired) electrons. The van der Waals surface area contributed by atoms with Gasteiger partial charge in [0, 0.05) is 13.1 Å². The normalized spacial score (nSPS) is 14.9. The van der Waals surface area contributed by atoms with Crippen molar-refractivity contribution in [2.24, 2.45) is 0 Å². The molecule has 2 aromatic rings. The third kappa shape index (κ3) is 5.16. The van der Waals surface area contributed by atoms with E-state index in [0.29, 0.717) is 41.7 Å². The molecule has 2 heterocycles. The molecule has 30 heavy (non-hydrogen) atoms. The Morgan fingerprint density at radius 2 is 1.90 bits per heavy atom. The Bertz CT molecular complexity index is 975. The molecule has 0 bridgehead atoms. The van der Waals surface area contributed by atoms with Gasteiger partial charge in [-0.25, -0.2) is 4.39 Å². The molecule has 10 heteroatoms. The van der Waals surface area contributed by atoms with E-state index in [1.807, 2.05) is 0 Å². The second-order valence-corrected chi connectivity index (χ2v) is 8.29. The molecule has 1 aliphatic rings. The smallest absolute Gasteiger partial charge is 0.262 e. The second-order valence-electron chi connectivity index (χ2n) is 6.83. The van der Waals surface area contributed by atoms with Crippen molar-refractivity contribution in [3.8, 4) is 0 Å². The Kier molecular flexibility index (Phi) is 7.06. The molecule has 1 unspecified atom stereocenters. The van der Waals surface area contributed by atoms with Crippen molar-refractivity contribution < 1.29 is 23.5 Å². The van der Waals surface area contributed by atoms with E-state index in [4.69, 9.17) is 16.3 Å². The zero-order valence-corrected chi connectivity index (χ0v) is 18.0. The Morgan fingerprint density at radius 3 is 2.57 bits per heavy atom. The van der Waals surface area contributed by atoms with E-state index in [-0.39, 0.29) is 16.5 Å². The van der Waals surface area contributed by atoms with Crippen molar-refractivity contribution in [1.82, 2.24) is 10.2 Å². The minimum atomic E-state index is -0.687. The number of amides is 3. The van der Waals surface area contributed by atoms with Gasteiger partial charge in [0.05, 0.1) is 33.7 Å². The molecule has 1 atom stereocenters. The molecule has 2 N–H and O–H groups in total. The molecular formula is C20H21ClFN3O4S. The van der Waals surface area contributed by atoms with Crippen LogP contribution in [0.5, 0.6) is 0 Å².